The van der Waals surface area contributed by atoms with Crippen molar-refractivity contribution in [3.8, 4) is 11.4 Å². The summed E-state index contributed by atoms with van der Waals surface area (Å²) in [7, 11) is 1.62. The van der Waals surface area contributed by atoms with Gasteiger partial charge in [-0.05, 0) is 29.8 Å². The molecule has 2 aromatic carbocycles. The minimum absolute atomic E-state index is 0.478. The number of nitrogens with zero attached hydrogens (tertiary/aromatic N) is 3. The molecule has 0 aliphatic carbocycles. The number of hydrogen-bond acceptors (Lipinski definition) is 4. The first-order valence-corrected chi connectivity index (χ1v) is 6.57. The highest BCUT2D eigenvalue weighted by Gasteiger charge is 2.17. The van der Waals surface area contributed by atoms with E-state index in [0.717, 1.165) is 17.0 Å². The van der Waals surface area contributed by atoms with Crippen molar-refractivity contribution in [2.45, 2.75) is 6.10 Å². The number of aliphatic hydroxyl groups excluding tert-OH is 1. The van der Waals surface area contributed by atoms with E-state index in [1.54, 1.807) is 18.0 Å². The third kappa shape index (κ3) is 2.64. The Labute approximate surface area is 122 Å². The van der Waals surface area contributed by atoms with E-state index < -0.39 is 6.10 Å². The first-order chi connectivity index (χ1) is 10.3. The number of aliphatic hydroxyl groups is 1. The van der Waals surface area contributed by atoms with E-state index in [4.69, 9.17) is 4.74 Å². The fourth-order valence-corrected chi connectivity index (χ4v) is 2.16. The molecule has 0 bridgehead atoms. The first kappa shape index (κ1) is 13.3. The molecule has 1 heterocycles. The SMILES string of the molecule is COc1ccc(-n2cnnc2[C@H](O)c2ccccc2)cc1. The summed E-state index contributed by atoms with van der Waals surface area (Å²) < 4.78 is 6.90. The highest BCUT2D eigenvalue weighted by Crippen LogP contribution is 2.23. The molecule has 5 heteroatoms. The Bertz CT molecular complexity index is 708. The van der Waals surface area contributed by atoms with Crippen LogP contribution < -0.4 is 4.74 Å². The quantitative estimate of drug-likeness (QED) is 0.797. The number of ether oxygens (including phenoxy) is 1. The maximum atomic E-state index is 10.5. The van der Waals surface area contributed by atoms with Crippen LogP contribution in [0.4, 0.5) is 0 Å². The van der Waals surface area contributed by atoms with E-state index in [1.807, 2.05) is 54.6 Å². The molecule has 1 N–H and O–H groups in total. The summed E-state index contributed by atoms with van der Waals surface area (Å²) in [6.45, 7) is 0. The van der Waals surface area contributed by atoms with E-state index >= 15 is 0 Å². The standard InChI is InChI=1S/C16H15N3O2/c1-21-14-9-7-13(8-10-14)19-11-17-18-16(19)15(20)12-5-3-2-4-6-12/h2-11,15,20H,1H3/t15-/m1/s1. The number of benzene rings is 2. The van der Waals surface area contributed by atoms with Gasteiger partial charge in [-0.25, -0.2) is 0 Å². The van der Waals surface area contributed by atoms with Crippen LogP contribution in [0, 0.1) is 0 Å². The Hall–Kier alpha value is -2.66. The van der Waals surface area contributed by atoms with Crippen LogP contribution in [0.25, 0.3) is 5.69 Å². The van der Waals surface area contributed by atoms with Crippen molar-refractivity contribution in [1.29, 1.82) is 0 Å². The molecule has 0 fully saturated rings. The lowest BCUT2D eigenvalue weighted by atomic mass is 10.1. The lowest BCUT2D eigenvalue weighted by molar-refractivity contribution is 0.207. The maximum absolute atomic E-state index is 10.5. The maximum Gasteiger partial charge on any atom is 0.170 e. The highest BCUT2D eigenvalue weighted by atomic mass is 16.5. The van der Waals surface area contributed by atoms with Crippen LogP contribution in [-0.2, 0) is 0 Å². The lowest BCUT2D eigenvalue weighted by Gasteiger charge is -2.12. The van der Waals surface area contributed by atoms with Gasteiger partial charge < -0.3 is 9.84 Å². The predicted molar refractivity (Wildman–Crippen MR) is 78.4 cm³/mol. The minimum Gasteiger partial charge on any atom is -0.497 e. The Morgan fingerprint density at radius 3 is 2.43 bits per heavy atom. The van der Waals surface area contributed by atoms with Gasteiger partial charge in [-0.3, -0.25) is 4.57 Å². The van der Waals surface area contributed by atoms with Crippen molar-refractivity contribution in [3.63, 3.8) is 0 Å². The fourth-order valence-electron chi connectivity index (χ4n) is 2.16. The van der Waals surface area contributed by atoms with Crippen molar-refractivity contribution in [3.05, 3.63) is 72.3 Å². The van der Waals surface area contributed by atoms with Crippen molar-refractivity contribution in [2.75, 3.05) is 7.11 Å². The minimum atomic E-state index is -0.823. The molecule has 3 aromatic rings. The molecule has 1 aromatic heterocycles. The Balaban J connectivity index is 1.96. The molecule has 1 atom stereocenters. The second kappa shape index (κ2) is 5.76. The summed E-state index contributed by atoms with van der Waals surface area (Å²) in [6, 6.07) is 16.9. The molecule has 106 valence electrons. The molecule has 0 amide bonds. The van der Waals surface area contributed by atoms with Crippen LogP contribution in [0.3, 0.4) is 0 Å². The molecule has 0 saturated carbocycles. The van der Waals surface area contributed by atoms with Gasteiger partial charge in [-0.2, -0.15) is 0 Å². The molecule has 21 heavy (non-hydrogen) atoms. The van der Waals surface area contributed by atoms with Crippen molar-refractivity contribution >= 4 is 0 Å². The van der Waals surface area contributed by atoms with Gasteiger partial charge in [0.15, 0.2) is 5.82 Å². The molecular weight excluding hydrogens is 266 g/mol. The van der Waals surface area contributed by atoms with Gasteiger partial charge in [-0.1, -0.05) is 30.3 Å². The number of aromatic nitrogens is 3. The summed E-state index contributed by atoms with van der Waals surface area (Å²) in [5, 5.41) is 18.4. The Morgan fingerprint density at radius 1 is 1.05 bits per heavy atom. The van der Waals surface area contributed by atoms with Gasteiger partial charge >= 0.3 is 0 Å². The van der Waals surface area contributed by atoms with Crippen LogP contribution in [-0.4, -0.2) is 27.0 Å². The molecule has 0 saturated heterocycles. The molecule has 3 rings (SSSR count). The van der Waals surface area contributed by atoms with E-state index in [0.29, 0.717) is 5.82 Å². The summed E-state index contributed by atoms with van der Waals surface area (Å²) >= 11 is 0. The van der Waals surface area contributed by atoms with Crippen molar-refractivity contribution < 1.29 is 9.84 Å². The molecule has 0 aliphatic heterocycles. The predicted octanol–water partition coefficient (Wildman–Crippen LogP) is 2.36. The third-order valence-corrected chi connectivity index (χ3v) is 3.28. The summed E-state index contributed by atoms with van der Waals surface area (Å²) in [5.74, 6) is 1.25. The van der Waals surface area contributed by atoms with Gasteiger partial charge in [0, 0.05) is 5.69 Å². The Morgan fingerprint density at radius 2 is 1.76 bits per heavy atom. The monoisotopic (exact) mass is 281 g/mol. The van der Waals surface area contributed by atoms with Crippen molar-refractivity contribution in [2.24, 2.45) is 0 Å². The Kier molecular flexibility index (Phi) is 3.66. The zero-order chi connectivity index (χ0) is 14.7. The van der Waals surface area contributed by atoms with E-state index in [2.05, 4.69) is 10.2 Å². The average Bonchev–Trinajstić information content (AvgIpc) is 3.04. The smallest absolute Gasteiger partial charge is 0.170 e. The number of rotatable bonds is 4. The summed E-state index contributed by atoms with van der Waals surface area (Å²) in [5.41, 5.74) is 1.64. The average molecular weight is 281 g/mol. The van der Waals surface area contributed by atoms with Crippen LogP contribution >= 0.6 is 0 Å². The molecule has 5 nitrogen and oxygen atoms in total. The van der Waals surface area contributed by atoms with Crippen LogP contribution in [0.15, 0.2) is 60.9 Å². The molecule has 0 unspecified atom stereocenters. The zero-order valence-corrected chi connectivity index (χ0v) is 11.5. The van der Waals surface area contributed by atoms with Gasteiger partial charge in [0.2, 0.25) is 0 Å². The van der Waals surface area contributed by atoms with Crippen LogP contribution in [0.2, 0.25) is 0 Å². The van der Waals surface area contributed by atoms with Gasteiger partial charge in [0.1, 0.15) is 18.2 Å². The van der Waals surface area contributed by atoms with Gasteiger partial charge in [-0.15, -0.1) is 10.2 Å². The molecule has 0 radical (unpaired) electrons. The molecule has 0 aliphatic rings. The van der Waals surface area contributed by atoms with Crippen LogP contribution in [0.5, 0.6) is 5.75 Å². The van der Waals surface area contributed by atoms with Gasteiger partial charge in [0.05, 0.1) is 7.11 Å². The highest BCUT2D eigenvalue weighted by molar-refractivity contribution is 5.39. The summed E-state index contributed by atoms with van der Waals surface area (Å²) in [4.78, 5) is 0. The van der Waals surface area contributed by atoms with E-state index in [9.17, 15) is 5.11 Å². The topological polar surface area (TPSA) is 60.2 Å². The molecule has 0 spiro atoms. The second-order valence-electron chi connectivity index (χ2n) is 4.57. The van der Waals surface area contributed by atoms with Crippen molar-refractivity contribution in [1.82, 2.24) is 14.8 Å². The van der Waals surface area contributed by atoms with Crippen LogP contribution in [0.1, 0.15) is 17.5 Å². The lowest BCUT2D eigenvalue weighted by Crippen LogP contribution is -2.08. The largest absolute Gasteiger partial charge is 0.497 e. The fraction of sp³-hybridized carbons (Fsp3) is 0.125. The van der Waals surface area contributed by atoms with E-state index in [1.165, 1.54) is 0 Å². The molecular formula is C16H15N3O2. The third-order valence-electron chi connectivity index (χ3n) is 3.28. The second-order valence-corrected chi connectivity index (χ2v) is 4.57. The number of hydrogen-bond donors (Lipinski definition) is 1. The van der Waals surface area contributed by atoms with Gasteiger partial charge in [0.25, 0.3) is 0 Å². The normalized spacial score (nSPS) is 12.1. The first-order valence-electron chi connectivity index (χ1n) is 6.57. The van der Waals surface area contributed by atoms with E-state index in [-0.39, 0.29) is 0 Å². The number of methoxy groups -OCH3 is 1. The zero-order valence-electron chi connectivity index (χ0n) is 11.5. The summed E-state index contributed by atoms with van der Waals surface area (Å²) in [6.07, 6.45) is 0.763.